The maximum absolute atomic E-state index is 11.7. The zero-order chi connectivity index (χ0) is 13.7. The first-order chi connectivity index (χ1) is 9.19. The van der Waals surface area contributed by atoms with Crippen LogP contribution >= 0.6 is 22.7 Å². The van der Waals surface area contributed by atoms with Gasteiger partial charge in [0.2, 0.25) is 5.91 Å². The molecule has 0 bridgehead atoms. The van der Waals surface area contributed by atoms with Gasteiger partial charge in [-0.2, -0.15) is 0 Å². The molecule has 1 atom stereocenters. The zero-order valence-corrected chi connectivity index (χ0v) is 12.5. The van der Waals surface area contributed by atoms with Crippen LogP contribution in [0.25, 0.3) is 0 Å². The molecule has 0 radical (unpaired) electrons. The molecule has 19 heavy (non-hydrogen) atoms. The number of thiazole rings is 2. The first kappa shape index (κ1) is 14.1. The van der Waals surface area contributed by atoms with Crippen molar-refractivity contribution in [2.75, 3.05) is 11.9 Å². The van der Waals surface area contributed by atoms with Crippen LogP contribution in [0, 0.1) is 0 Å². The number of anilines is 1. The Morgan fingerprint density at radius 1 is 1.47 bits per heavy atom. The quantitative estimate of drug-likeness (QED) is 0.859. The third-order valence-corrected chi connectivity index (χ3v) is 4.26. The summed E-state index contributed by atoms with van der Waals surface area (Å²) in [5, 5.41) is 11.5. The summed E-state index contributed by atoms with van der Waals surface area (Å²) in [4.78, 5) is 20.2. The Balaban J connectivity index is 1.79. The number of carbonyl (C=O) groups is 1. The van der Waals surface area contributed by atoms with Gasteiger partial charge in [-0.1, -0.05) is 6.92 Å². The van der Waals surface area contributed by atoms with Crippen LogP contribution in [-0.4, -0.2) is 22.4 Å². The van der Waals surface area contributed by atoms with Crippen LogP contribution in [-0.2, 0) is 11.2 Å². The topological polar surface area (TPSA) is 66.9 Å². The number of nitrogens with zero attached hydrogens (tertiary/aromatic N) is 2. The Labute approximate surface area is 120 Å². The van der Waals surface area contributed by atoms with Crippen LogP contribution in [0.2, 0.25) is 0 Å². The van der Waals surface area contributed by atoms with Crippen LogP contribution in [0.5, 0.6) is 0 Å². The van der Waals surface area contributed by atoms with Gasteiger partial charge < -0.3 is 10.6 Å². The SMILES string of the molecule is CCc1nc([C@@H](C)NCC(=O)Nc2nccs2)cs1. The second-order valence-corrected chi connectivity index (χ2v) is 5.84. The van der Waals surface area contributed by atoms with E-state index >= 15 is 0 Å². The predicted octanol–water partition coefficient (Wildman–Crippen LogP) is 2.45. The van der Waals surface area contributed by atoms with Crippen molar-refractivity contribution in [1.29, 1.82) is 0 Å². The maximum atomic E-state index is 11.7. The Kier molecular flexibility index (Phi) is 5.00. The first-order valence-corrected chi connectivity index (χ1v) is 7.82. The molecular formula is C12H16N4OS2. The summed E-state index contributed by atoms with van der Waals surface area (Å²) >= 11 is 3.06. The fourth-order valence-corrected chi connectivity index (χ4v) is 2.87. The molecule has 0 aliphatic rings. The van der Waals surface area contributed by atoms with E-state index in [1.54, 1.807) is 17.5 Å². The molecule has 2 rings (SSSR count). The van der Waals surface area contributed by atoms with Gasteiger partial charge in [0.25, 0.3) is 0 Å². The lowest BCUT2D eigenvalue weighted by Crippen LogP contribution is -2.30. The van der Waals surface area contributed by atoms with Crippen LogP contribution in [0.1, 0.15) is 30.6 Å². The minimum absolute atomic E-state index is 0.0681. The van der Waals surface area contributed by atoms with Gasteiger partial charge in [0.05, 0.1) is 17.2 Å². The second kappa shape index (κ2) is 6.74. The fourth-order valence-electron chi connectivity index (χ4n) is 1.49. The molecule has 0 aliphatic carbocycles. The lowest BCUT2D eigenvalue weighted by Gasteiger charge is -2.10. The van der Waals surface area contributed by atoms with E-state index in [0.717, 1.165) is 17.1 Å². The monoisotopic (exact) mass is 296 g/mol. The highest BCUT2D eigenvalue weighted by molar-refractivity contribution is 7.13. The van der Waals surface area contributed by atoms with Crippen LogP contribution < -0.4 is 10.6 Å². The fraction of sp³-hybridized carbons (Fsp3) is 0.417. The normalized spacial score (nSPS) is 12.3. The summed E-state index contributed by atoms with van der Waals surface area (Å²) in [7, 11) is 0. The Hall–Kier alpha value is -1.31. The van der Waals surface area contributed by atoms with Crippen molar-refractivity contribution in [2.45, 2.75) is 26.3 Å². The summed E-state index contributed by atoms with van der Waals surface area (Å²) < 4.78 is 0. The molecule has 0 spiro atoms. The molecule has 0 unspecified atom stereocenters. The molecule has 5 nitrogen and oxygen atoms in total. The largest absolute Gasteiger partial charge is 0.301 e. The number of nitrogens with one attached hydrogen (secondary N) is 2. The van der Waals surface area contributed by atoms with E-state index in [0.29, 0.717) is 5.13 Å². The average Bonchev–Trinajstić information content (AvgIpc) is 3.06. The van der Waals surface area contributed by atoms with E-state index < -0.39 is 0 Å². The molecular weight excluding hydrogens is 280 g/mol. The third-order valence-electron chi connectivity index (χ3n) is 2.56. The van der Waals surface area contributed by atoms with Gasteiger partial charge in [0.15, 0.2) is 5.13 Å². The molecule has 102 valence electrons. The van der Waals surface area contributed by atoms with Crippen molar-refractivity contribution < 1.29 is 4.79 Å². The highest BCUT2D eigenvalue weighted by Gasteiger charge is 2.11. The smallest absolute Gasteiger partial charge is 0.240 e. The molecule has 0 saturated carbocycles. The molecule has 2 heterocycles. The molecule has 0 saturated heterocycles. The second-order valence-electron chi connectivity index (χ2n) is 4.01. The van der Waals surface area contributed by atoms with Crippen molar-refractivity contribution in [1.82, 2.24) is 15.3 Å². The van der Waals surface area contributed by atoms with Crippen molar-refractivity contribution in [3.05, 3.63) is 27.7 Å². The first-order valence-electron chi connectivity index (χ1n) is 6.06. The number of aromatic nitrogens is 2. The van der Waals surface area contributed by atoms with Crippen molar-refractivity contribution in [3.8, 4) is 0 Å². The number of hydrogen-bond acceptors (Lipinski definition) is 6. The number of amides is 1. The van der Waals surface area contributed by atoms with Crippen LogP contribution in [0.15, 0.2) is 17.0 Å². The summed E-state index contributed by atoms with van der Waals surface area (Å²) in [6, 6.07) is 0.0681. The van der Waals surface area contributed by atoms with Gasteiger partial charge in [-0.3, -0.25) is 4.79 Å². The summed E-state index contributed by atoms with van der Waals surface area (Å²) in [5.41, 5.74) is 0.990. The van der Waals surface area contributed by atoms with E-state index in [9.17, 15) is 4.79 Å². The lowest BCUT2D eigenvalue weighted by atomic mass is 10.2. The standard InChI is InChI=1S/C12H16N4OS2/c1-3-11-15-9(7-19-11)8(2)14-6-10(17)16-12-13-4-5-18-12/h4-5,7-8,14H,3,6H2,1-2H3,(H,13,16,17)/t8-/m1/s1. The van der Waals surface area contributed by atoms with Crippen molar-refractivity contribution in [2.24, 2.45) is 0 Å². The molecule has 0 fully saturated rings. The van der Waals surface area contributed by atoms with E-state index in [-0.39, 0.29) is 18.5 Å². The van der Waals surface area contributed by atoms with Gasteiger partial charge >= 0.3 is 0 Å². The molecule has 0 aromatic carbocycles. The van der Waals surface area contributed by atoms with E-state index in [1.807, 2.05) is 17.7 Å². The minimum atomic E-state index is -0.0901. The molecule has 2 aromatic heterocycles. The van der Waals surface area contributed by atoms with E-state index in [4.69, 9.17) is 0 Å². The lowest BCUT2D eigenvalue weighted by molar-refractivity contribution is -0.115. The summed E-state index contributed by atoms with van der Waals surface area (Å²) in [6.45, 7) is 4.34. The van der Waals surface area contributed by atoms with Crippen LogP contribution in [0.3, 0.4) is 0 Å². The molecule has 1 amide bonds. The van der Waals surface area contributed by atoms with Crippen molar-refractivity contribution >= 4 is 33.7 Å². The highest BCUT2D eigenvalue weighted by atomic mass is 32.1. The van der Waals surface area contributed by atoms with Gasteiger partial charge in [-0.05, 0) is 13.3 Å². The zero-order valence-electron chi connectivity index (χ0n) is 10.8. The van der Waals surface area contributed by atoms with Gasteiger partial charge in [0, 0.05) is 23.0 Å². The minimum Gasteiger partial charge on any atom is -0.301 e. The summed E-state index contributed by atoms with van der Waals surface area (Å²) in [5.74, 6) is -0.0901. The third kappa shape index (κ3) is 4.09. The number of rotatable bonds is 6. The van der Waals surface area contributed by atoms with Gasteiger partial charge in [-0.25, -0.2) is 9.97 Å². The van der Waals surface area contributed by atoms with Gasteiger partial charge in [0.1, 0.15) is 0 Å². The molecule has 2 N–H and O–H groups in total. The highest BCUT2D eigenvalue weighted by Crippen LogP contribution is 2.16. The van der Waals surface area contributed by atoms with Crippen molar-refractivity contribution in [3.63, 3.8) is 0 Å². The number of carbonyl (C=O) groups excluding carboxylic acids is 1. The number of aryl methyl sites for hydroxylation is 1. The van der Waals surface area contributed by atoms with Gasteiger partial charge in [-0.15, -0.1) is 22.7 Å². The van der Waals surface area contributed by atoms with E-state index in [2.05, 4.69) is 27.5 Å². The molecule has 7 heteroatoms. The Morgan fingerprint density at radius 2 is 2.32 bits per heavy atom. The Bertz CT molecular complexity index is 524. The maximum Gasteiger partial charge on any atom is 0.240 e. The predicted molar refractivity (Wildman–Crippen MR) is 78.7 cm³/mol. The summed E-state index contributed by atoms with van der Waals surface area (Å²) in [6.07, 6.45) is 2.61. The van der Waals surface area contributed by atoms with Crippen LogP contribution in [0.4, 0.5) is 5.13 Å². The van der Waals surface area contributed by atoms with E-state index in [1.165, 1.54) is 11.3 Å². The molecule has 0 aliphatic heterocycles. The number of hydrogen-bond donors (Lipinski definition) is 2. The Morgan fingerprint density at radius 3 is 2.95 bits per heavy atom. The molecule has 2 aromatic rings. The average molecular weight is 296 g/mol.